The molecule has 0 heterocycles. The Balaban J connectivity index is 0.00000267. The number of rotatable bonds is 10. The van der Waals surface area contributed by atoms with Crippen LogP contribution in [-0.4, -0.2) is 36.7 Å². The minimum Gasteiger partial charge on any atom is -0.508 e. The first-order chi connectivity index (χ1) is 17.8. The van der Waals surface area contributed by atoms with Crippen molar-refractivity contribution in [2.75, 3.05) is 11.5 Å². The predicted octanol–water partition coefficient (Wildman–Crippen LogP) is 8.05. The van der Waals surface area contributed by atoms with Gasteiger partial charge in [0.2, 0.25) is 0 Å². The van der Waals surface area contributed by atoms with Crippen LogP contribution in [0.3, 0.4) is 0 Å². The average molecular weight is 573 g/mol. The topological polar surface area (TPSA) is 133 Å². The molecule has 0 aliphatic carbocycles. The molecule has 4 rings (SSSR count). The molecule has 0 fully saturated rings. The summed E-state index contributed by atoms with van der Waals surface area (Å²) >= 11 is 0. The highest BCUT2D eigenvalue weighted by Crippen LogP contribution is 2.60. The number of hydrogen-bond acceptors (Lipinski definition) is 4. The number of hydrogen-bond donors (Lipinski definition) is 3. The summed E-state index contributed by atoms with van der Waals surface area (Å²) in [5.74, 6) is 2.90. The van der Waals surface area contributed by atoms with E-state index in [0.717, 1.165) is 32.4 Å². The third kappa shape index (κ3) is 7.16. The molecule has 39 heavy (non-hydrogen) atoms. The predicted molar refractivity (Wildman–Crippen MR) is 163 cm³/mol. The van der Waals surface area contributed by atoms with E-state index in [1.54, 1.807) is 24.3 Å². The second-order valence-corrected chi connectivity index (χ2v) is 14.7. The van der Waals surface area contributed by atoms with Crippen molar-refractivity contribution in [3.8, 4) is 17.2 Å². The van der Waals surface area contributed by atoms with Gasteiger partial charge < -0.3 is 29.9 Å². The molecule has 0 radical (unpaired) electrons. The highest BCUT2D eigenvalue weighted by atomic mass is 32.3. The molecule has 212 valence electrons. The van der Waals surface area contributed by atoms with Gasteiger partial charge in [-0.15, -0.1) is 0 Å². The molecule has 2 unspecified atom stereocenters. The normalized spacial score (nSPS) is 15.4. The van der Waals surface area contributed by atoms with Crippen molar-refractivity contribution in [2.45, 2.75) is 53.2 Å². The molecule has 0 spiro atoms. The molecule has 0 saturated carbocycles. The molecule has 4 aromatic rings. The molecule has 0 aliphatic heterocycles. The van der Waals surface area contributed by atoms with Gasteiger partial charge in [-0.1, -0.05) is 52.2 Å². The number of phenolic OH excluding ortho intramolecular Hbond substituents is 1. The van der Waals surface area contributed by atoms with Crippen molar-refractivity contribution in [3.05, 3.63) is 103 Å². The highest BCUT2D eigenvalue weighted by Gasteiger charge is 2.26. The molecule has 6 nitrogen and oxygen atoms in total. The fourth-order valence-corrected chi connectivity index (χ4v) is 9.38. The minimum absolute atomic E-state index is 0. The van der Waals surface area contributed by atoms with E-state index < -0.39 is 20.6 Å². The number of phenols is 1. The van der Waals surface area contributed by atoms with Gasteiger partial charge in [0.25, 0.3) is 0 Å². The highest BCUT2D eigenvalue weighted by molar-refractivity contribution is 8.29. The van der Waals surface area contributed by atoms with Gasteiger partial charge in [0, 0.05) is 31.1 Å². The van der Waals surface area contributed by atoms with Crippen LogP contribution < -0.4 is 4.74 Å². The molecule has 0 bridgehead atoms. The quantitative estimate of drug-likeness (QED) is 0.177. The molecule has 2 atom stereocenters. The van der Waals surface area contributed by atoms with Gasteiger partial charge in [0.1, 0.15) is 17.2 Å². The zero-order chi connectivity index (χ0) is 26.5. The molecule has 0 aromatic heterocycles. The van der Waals surface area contributed by atoms with Crippen molar-refractivity contribution in [1.29, 1.82) is 0 Å². The summed E-state index contributed by atoms with van der Waals surface area (Å²) in [6.45, 7) is 6.20. The molecule has 0 aliphatic rings. The first-order valence-corrected chi connectivity index (χ1v) is 16.1. The van der Waals surface area contributed by atoms with Crippen molar-refractivity contribution in [3.63, 3.8) is 0 Å². The zero-order valence-corrected chi connectivity index (χ0v) is 24.3. The van der Waals surface area contributed by atoms with Crippen LogP contribution in [0.1, 0.15) is 32.3 Å². The van der Waals surface area contributed by atoms with Crippen LogP contribution in [0.2, 0.25) is 0 Å². The summed E-state index contributed by atoms with van der Waals surface area (Å²) in [6, 6.07) is 30.3. The van der Waals surface area contributed by atoms with E-state index >= 15 is 0 Å². The Bertz CT molecular complexity index is 1190. The maximum absolute atomic E-state index is 11.7. The van der Waals surface area contributed by atoms with Crippen molar-refractivity contribution < 1.29 is 29.9 Å². The van der Waals surface area contributed by atoms with Crippen LogP contribution in [0.4, 0.5) is 0 Å². The van der Waals surface area contributed by atoms with Crippen molar-refractivity contribution in [1.82, 2.24) is 0 Å². The van der Waals surface area contributed by atoms with Gasteiger partial charge in [-0.25, -0.2) is 0 Å². The fourth-order valence-electron chi connectivity index (χ4n) is 4.37. The van der Waals surface area contributed by atoms with Crippen LogP contribution in [0.25, 0.3) is 0 Å². The van der Waals surface area contributed by atoms with Crippen molar-refractivity contribution in [2.24, 2.45) is 0 Å². The first-order valence-electron chi connectivity index (χ1n) is 12.6. The van der Waals surface area contributed by atoms with Crippen LogP contribution in [0.15, 0.2) is 117 Å². The largest absolute Gasteiger partial charge is 0.508 e. The summed E-state index contributed by atoms with van der Waals surface area (Å²) < 4.78 is 29.4. The zero-order valence-electron chi connectivity index (χ0n) is 22.6. The lowest BCUT2D eigenvalue weighted by Gasteiger charge is -2.35. The van der Waals surface area contributed by atoms with E-state index in [-0.39, 0.29) is 16.7 Å². The second kappa shape index (κ2) is 13.9. The third-order valence-electron chi connectivity index (χ3n) is 6.30. The Labute approximate surface area is 234 Å². The van der Waals surface area contributed by atoms with Crippen LogP contribution in [0.5, 0.6) is 17.2 Å². The molecule has 8 heteroatoms. The average Bonchev–Trinajstić information content (AvgIpc) is 2.90. The Morgan fingerprint density at radius 3 is 1.18 bits per heavy atom. The molecule has 4 aromatic carbocycles. The van der Waals surface area contributed by atoms with Crippen LogP contribution in [0, 0.1) is 6.92 Å². The van der Waals surface area contributed by atoms with Crippen molar-refractivity contribution >= 4 is 20.6 Å². The van der Waals surface area contributed by atoms with E-state index in [1.807, 2.05) is 60.7 Å². The number of aryl methyl sites for hydroxylation is 1. The molecule has 7 N–H and O–H groups in total. The Kier molecular flexibility index (Phi) is 11.5. The first kappa shape index (κ1) is 32.2. The monoisotopic (exact) mass is 572 g/mol. The standard InChI is InChI=1S/C31H36O4S2.2H2O/c1-4-22-36(33,28-14-6-24(3)7-15-28)30-18-10-26(11-19-30)35-27-12-20-31(21-13-27)37(34,23-5-2)29-16-8-25(32)9-17-29;;/h6-21,32-34H,4-5,22-23H2,1-3H3;2*1H2. The van der Waals surface area contributed by atoms with Crippen LogP contribution in [-0.2, 0) is 0 Å². The molecule has 0 saturated heterocycles. The van der Waals surface area contributed by atoms with E-state index in [4.69, 9.17) is 4.74 Å². The summed E-state index contributed by atoms with van der Waals surface area (Å²) in [7, 11) is -4.31. The number of ether oxygens (including phenoxy) is 1. The molecular weight excluding hydrogens is 532 g/mol. The van der Waals surface area contributed by atoms with E-state index in [1.165, 1.54) is 5.56 Å². The lowest BCUT2D eigenvalue weighted by Crippen LogP contribution is -2.06. The number of benzene rings is 4. The second-order valence-electron chi connectivity index (χ2n) is 9.16. The Morgan fingerprint density at radius 1 is 0.538 bits per heavy atom. The maximum Gasteiger partial charge on any atom is 0.127 e. The Hall–Kier alpha value is -2.98. The van der Waals surface area contributed by atoms with Gasteiger partial charge in [-0.2, -0.15) is 0 Å². The fraction of sp³-hybridized carbons (Fsp3) is 0.226. The van der Waals surface area contributed by atoms with Gasteiger partial charge in [0.15, 0.2) is 0 Å². The lowest BCUT2D eigenvalue weighted by molar-refractivity contribution is 0.474. The summed E-state index contributed by atoms with van der Waals surface area (Å²) in [5.41, 5.74) is 1.18. The summed E-state index contributed by atoms with van der Waals surface area (Å²) in [5, 5.41) is 9.65. The minimum atomic E-state index is -2.20. The van der Waals surface area contributed by atoms with Gasteiger partial charge in [-0.3, -0.25) is 0 Å². The summed E-state index contributed by atoms with van der Waals surface area (Å²) in [6.07, 6.45) is 1.73. The SMILES string of the molecule is CCCS(O)(c1ccc(C)cc1)c1ccc(Oc2ccc(S(O)(CCC)c3ccc(O)cc3)cc2)cc1.O.O. The van der Waals surface area contributed by atoms with E-state index in [9.17, 15) is 14.2 Å². The number of aromatic hydroxyl groups is 1. The third-order valence-corrected chi connectivity index (χ3v) is 12.5. The molecular formula is C31H40O6S2. The lowest BCUT2D eigenvalue weighted by atomic mass is 10.2. The smallest absolute Gasteiger partial charge is 0.127 e. The summed E-state index contributed by atoms with van der Waals surface area (Å²) in [4.78, 5) is 3.57. The van der Waals surface area contributed by atoms with Crippen LogP contribution >= 0.6 is 20.6 Å². The van der Waals surface area contributed by atoms with E-state index in [2.05, 4.69) is 32.9 Å². The maximum atomic E-state index is 11.7. The van der Waals surface area contributed by atoms with Gasteiger partial charge >= 0.3 is 0 Å². The molecule has 0 amide bonds. The van der Waals surface area contributed by atoms with E-state index in [0.29, 0.717) is 23.0 Å². The van der Waals surface area contributed by atoms with Gasteiger partial charge in [-0.05, 0) is 105 Å². The van der Waals surface area contributed by atoms with Gasteiger partial charge in [0.05, 0.1) is 0 Å². The Morgan fingerprint density at radius 2 is 0.846 bits per heavy atom.